The second kappa shape index (κ2) is 10.6. The molecular weight excluding hydrogens is 374 g/mol. The van der Waals surface area contributed by atoms with Gasteiger partial charge in [0.25, 0.3) is 0 Å². The third-order valence-electron chi connectivity index (χ3n) is 4.04. The molecule has 0 saturated heterocycles. The first-order valence-electron chi connectivity index (χ1n) is 8.70. The summed E-state index contributed by atoms with van der Waals surface area (Å²) >= 11 is 0. The van der Waals surface area contributed by atoms with E-state index in [1.54, 1.807) is 0 Å². The summed E-state index contributed by atoms with van der Waals surface area (Å²) in [7, 11) is 0. The van der Waals surface area contributed by atoms with Gasteiger partial charge < -0.3 is 10.4 Å². The number of aliphatic hydroxyl groups is 1. The van der Waals surface area contributed by atoms with Gasteiger partial charge in [0.15, 0.2) is 0 Å². The lowest BCUT2D eigenvalue weighted by atomic mass is 9.92. The maximum Gasteiger partial charge on any atom is 0.378 e. The fourth-order valence-electron chi connectivity index (χ4n) is 2.36. The van der Waals surface area contributed by atoms with Crippen molar-refractivity contribution in [1.82, 2.24) is 5.32 Å². The van der Waals surface area contributed by atoms with Gasteiger partial charge in [-0.15, -0.1) is 0 Å². The van der Waals surface area contributed by atoms with E-state index in [9.17, 15) is 35.1 Å². The van der Waals surface area contributed by atoms with Crippen LogP contribution >= 0.6 is 0 Å². The Hall–Kier alpha value is -0.640. The Kier molecular flexibility index (Phi) is 10.4. The molecule has 0 radical (unpaired) electrons. The third kappa shape index (κ3) is 6.51. The van der Waals surface area contributed by atoms with Crippen LogP contribution in [0.3, 0.4) is 0 Å². The topological polar surface area (TPSA) is 32.3 Å². The first kappa shape index (κ1) is 25.4. The van der Waals surface area contributed by atoms with Gasteiger partial charge in [-0.05, 0) is 19.4 Å². The highest BCUT2D eigenvalue weighted by molar-refractivity contribution is 5.03. The first-order chi connectivity index (χ1) is 11.9. The summed E-state index contributed by atoms with van der Waals surface area (Å²) in [6.45, 7) is 1.28. The number of aliphatic hydroxyl groups excluding tert-OH is 1. The fourth-order valence-corrected chi connectivity index (χ4v) is 2.36. The molecule has 10 heteroatoms. The number of nitrogens with one attached hydrogen (secondary N) is 1. The van der Waals surface area contributed by atoms with E-state index < -0.39 is 49.4 Å². The van der Waals surface area contributed by atoms with Crippen molar-refractivity contribution in [3.8, 4) is 0 Å². The van der Waals surface area contributed by atoms with Gasteiger partial charge in [-0.25, -0.2) is 0 Å². The minimum Gasteiger partial charge on any atom is -0.395 e. The van der Waals surface area contributed by atoms with Crippen molar-refractivity contribution < 1.29 is 40.2 Å². The Balaban J connectivity index is 4.89. The molecule has 2 nitrogen and oxygen atoms in total. The quantitative estimate of drug-likeness (QED) is 0.290. The number of rotatable bonds is 15. The minimum atomic E-state index is -6.18. The zero-order chi connectivity index (χ0) is 20.5. The van der Waals surface area contributed by atoms with Crippen molar-refractivity contribution in [1.29, 1.82) is 0 Å². The SMILES string of the molecule is CCCCCCCC(F)(F)C(F)(F)C(F)(F)C(F)(F)CCCNCCO. The maximum absolute atomic E-state index is 13.7. The van der Waals surface area contributed by atoms with Crippen LogP contribution in [0.4, 0.5) is 35.1 Å². The standard InChI is InChI=1S/C16H27F8NO/c1-2-3-4-5-6-8-13(17,18)15(21,22)16(23,24)14(19,20)9-7-10-25-11-12-26/h25-26H,2-12H2,1H3. The summed E-state index contributed by atoms with van der Waals surface area (Å²) in [6.07, 6.45) is -2.28. The van der Waals surface area contributed by atoms with Crippen molar-refractivity contribution >= 4 is 0 Å². The van der Waals surface area contributed by atoms with Crippen molar-refractivity contribution in [2.45, 2.75) is 82.0 Å². The molecular formula is C16H27F8NO. The van der Waals surface area contributed by atoms with E-state index in [-0.39, 0.29) is 26.1 Å². The molecule has 0 saturated carbocycles. The van der Waals surface area contributed by atoms with Gasteiger partial charge in [-0.3, -0.25) is 0 Å². The molecule has 0 aliphatic heterocycles. The molecule has 0 aromatic rings. The summed E-state index contributed by atoms with van der Waals surface area (Å²) in [6, 6.07) is 0. The van der Waals surface area contributed by atoms with Crippen LogP contribution in [0.5, 0.6) is 0 Å². The van der Waals surface area contributed by atoms with Crippen LogP contribution in [0.2, 0.25) is 0 Å². The second-order valence-electron chi connectivity index (χ2n) is 6.30. The number of halogens is 8. The minimum absolute atomic E-state index is 0.00816. The molecule has 0 aliphatic rings. The zero-order valence-electron chi connectivity index (χ0n) is 14.7. The zero-order valence-corrected chi connectivity index (χ0v) is 14.7. The average Bonchev–Trinajstić information content (AvgIpc) is 2.53. The molecule has 26 heavy (non-hydrogen) atoms. The van der Waals surface area contributed by atoms with E-state index in [4.69, 9.17) is 5.11 Å². The molecule has 0 aromatic heterocycles. The summed E-state index contributed by atoms with van der Waals surface area (Å²) < 4.78 is 109. The lowest BCUT2D eigenvalue weighted by molar-refractivity contribution is -0.368. The molecule has 0 aromatic carbocycles. The van der Waals surface area contributed by atoms with Crippen LogP contribution in [0.1, 0.15) is 58.3 Å². The Morgan fingerprint density at radius 2 is 1.12 bits per heavy atom. The van der Waals surface area contributed by atoms with Crippen molar-refractivity contribution in [2.24, 2.45) is 0 Å². The second-order valence-corrected chi connectivity index (χ2v) is 6.30. The van der Waals surface area contributed by atoms with Gasteiger partial charge in [0.1, 0.15) is 0 Å². The number of alkyl halides is 8. The third-order valence-corrected chi connectivity index (χ3v) is 4.04. The molecule has 0 amide bonds. The lowest BCUT2D eigenvalue weighted by Crippen LogP contribution is -2.62. The van der Waals surface area contributed by atoms with Crippen LogP contribution in [0.25, 0.3) is 0 Å². The van der Waals surface area contributed by atoms with Crippen LogP contribution in [0.15, 0.2) is 0 Å². The predicted octanol–water partition coefficient (Wildman–Crippen LogP) is 5.25. The Bertz CT molecular complexity index is 354. The molecule has 0 bridgehead atoms. The van der Waals surface area contributed by atoms with E-state index in [0.717, 1.165) is 6.42 Å². The highest BCUT2D eigenvalue weighted by atomic mass is 19.4. The molecule has 0 fully saturated rings. The fraction of sp³-hybridized carbons (Fsp3) is 1.00. The Labute approximate surface area is 148 Å². The summed E-state index contributed by atoms with van der Waals surface area (Å²) in [5, 5.41) is 10.9. The molecule has 158 valence electrons. The van der Waals surface area contributed by atoms with E-state index in [2.05, 4.69) is 5.32 Å². The van der Waals surface area contributed by atoms with Crippen LogP contribution in [-0.2, 0) is 0 Å². The smallest absolute Gasteiger partial charge is 0.378 e. The molecule has 0 rings (SSSR count). The van der Waals surface area contributed by atoms with E-state index in [0.29, 0.717) is 12.8 Å². The lowest BCUT2D eigenvalue weighted by Gasteiger charge is -2.37. The highest BCUT2D eigenvalue weighted by Crippen LogP contribution is 2.55. The van der Waals surface area contributed by atoms with Gasteiger partial charge in [-0.2, -0.15) is 35.1 Å². The van der Waals surface area contributed by atoms with Gasteiger partial charge >= 0.3 is 23.7 Å². The van der Waals surface area contributed by atoms with Crippen molar-refractivity contribution in [2.75, 3.05) is 19.7 Å². The molecule has 0 aliphatic carbocycles. The van der Waals surface area contributed by atoms with Crippen LogP contribution in [-0.4, -0.2) is 48.5 Å². The van der Waals surface area contributed by atoms with Gasteiger partial charge in [-0.1, -0.05) is 32.6 Å². The maximum atomic E-state index is 13.7. The monoisotopic (exact) mass is 401 g/mol. The predicted molar refractivity (Wildman–Crippen MR) is 82.4 cm³/mol. The molecule has 0 unspecified atom stereocenters. The number of hydrogen-bond acceptors (Lipinski definition) is 2. The van der Waals surface area contributed by atoms with E-state index in [1.807, 2.05) is 6.92 Å². The number of hydrogen-bond donors (Lipinski definition) is 2. The average molecular weight is 401 g/mol. The van der Waals surface area contributed by atoms with Crippen LogP contribution in [0, 0.1) is 0 Å². The van der Waals surface area contributed by atoms with Gasteiger partial charge in [0, 0.05) is 19.4 Å². The van der Waals surface area contributed by atoms with Gasteiger partial charge in [0.2, 0.25) is 0 Å². The van der Waals surface area contributed by atoms with Gasteiger partial charge in [0.05, 0.1) is 6.61 Å². The summed E-state index contributed by atoms with van der Waals surface area (Å²) in [4.78, 5) is 0. The molecule has 0 heterocycles. The first-order valence-corrected chi connectivity index (χ1v) is 8.70. The highest BCUT2D eigenvalue weighted by Gasteiger charge is 2.79. The Morgan fingerprint density at radius 1 is 0.654 bits per heavy atom. The number of unbranched alkanes of at least 4 members (excludes halogenated alkanes) is 4. The van der Waals surface area contributed by atoms with Crippen LogP contribution < -0.4 is 5.32 Å². The van der Waals surface area contributed by atoms with Crippen molar-refractivity contribution in [3.05, 3.63) is 0 Å². The largest absolute Gasteiger partial charge is 0.395 e. The summed E-state index contributed by atoms with van der Waals surface area (Å²) in [5.41, 5.74) is 0. The molecule has 0 atom stereocenters. The molecule has 0 spiro atoms. The molecule has 2 N–H and O–H groups in total. The van der Waals surface area contributed by atoms with E-state index in [1.165, 1.54) is 0 Å². The van der Waals surface area contributed by atoms with Crippen molar-refractivity contribution in [3.63, 3.8) is 0 Å². The normalized spacial score (nSPS) is 14.1. The summed E-state index contributed by atoms with van der Waals surface area (Å²) in [5.74, 6) is -22.9. The Morgan fingerprint density at radius 3 is 1.58 bits per heavy atom. The van der Waals surface area contributed by atoms with E-state index >= 15 is 0 Å².